The molecule has 5 nitrogen and oxygen atoms in total. The van der Waals surface area contributed by atoms with Crippen LogP contribution < -0.4 is 14.7 Å². The zero-order valence-corrected chi connectivity index (χ0v) is 20.8. The Morgan fingerprint density at radius 1 is 0.886 bits per heavy atom. The topological polar surface area (TPSA) is 39.7 Å². The van der Waals surface area contributed by atoms with Crippen molar-refractivity contribution in [3.63, 3.8) is 0 Å². The molecule has 0 amide bonds. The summed E-state index contributed by atoms with van der Waals surface area (Å²) in [5, 5.41) is 0. The predicted octanol–water partition coefficient (Wildman–Crippen LogP) is 5.83. The van der Waals surface area contributed by atoms with Gasteiger partial charge in [0.2, 0.25) is 0 Å². The van der Waals surface area contributed by atoms with Gasteiger partial charge in [0.25, 0.3) is 0 Å². The first-order valence-corrected chi connectivity index (χ1v) is 13.7. The molecule has 2 atom stereocenters. The van der Waals surface area contributed by atoms with Gasteiger partial charge >= 0.3 is 0 Å². The summed E-state index contributed by atoms with van der Waals surface area (Å²) in [6, 6.07) is 12.4. The molecule has 1 aromatic heterocycles. The summed E-state index contributed by atoms with van der Waals surface area (Å²) in [5.74, 6) is 1.75. The number of aromatic nitrogens is 1. The maximum absolute atomic E-state index is 13.9. The molecule has 3 fully saturated rings. The van der Waals surface area contributed by atoms with Crippen LogP contribution in [0.15, 0.2) is 42.6 Å². The summed E-state index contributed by atoms with van der Waals surface area (Å²) in [4.78, 5) is 22.7. The second kappa shape index (κ2) is 11.4. The lowest BCUT2D eigenvalue weighted by Gasteiger charge is -2.41. The molecule has 5 rings (SSSR count). The largest absolute Gasteiger partial charge is 0.371 e. The van der Waals surface area contributed by atoms with Crippen molar-refractivity contribution in [1.29, 1.82) is 0 Å². The maximum atomic E-state index is 13.9. The van der Waals surface area contributed by atoms with Gasteiger partial charge in [-0.3, -0.25) is 0 Å². The van der Waals surface area contributed by atoms with E-state index in [1.807, 2.05) is 18.3 Å². The first-order chi connectivity index (χ1) is 17.2. The number of carbonyl (C=O) groups is 1. The Balaban J connectivity index is 1.19. The van der Waals surface area contributed by atoms with Crippen LogP contribution in [0.5, 0.6) is 0 Å². The molecule has 0 N–H and O–H groups in total. The normalized spacial score (nSPS) is 22.9. The zero-order chi connectivity index (χ0) is 24.0. The number of halogens is 1. The van der Waals surface area contributed by atoms with Crippen LogP contribution in [0.25, 0.3) is 0 Å². The highest BCUT2D eigenvalue weighted by atomic mass is 19.1. The molecule has 3 aliphatic rings. The highest BCUT2D eigenvalue weighted by molar-refractivity contribution is 5.58. The fourth-order valence-corrected chi connectivity index (χ4v) is 6.52. The number of anilines is 3. The Morgan fingerprint density at radius 3 is 2.57 bits per heavy atom. The van der Waals surface area contributed by atoms with Gasteiger partial charge in [0.15, 0.2) is 0 Å². The summed E-state index contributed by atoms with van der Waals surface area (Å²) in [6.07, 6.45) is 14.4. The Hall–Kier alpha value is -2.63. The van der Waals surface area contributed by atoms with E-state index in [1.54, 1.807) is 6.07 Å². The molecular formula is C29H39FN4O. The smallest absolute Gasteiger partial charge is 0.130 e. The van der Waals surface area contributed by atoms with Gasteiger partial charge in [-0.15, -0.1) is 0 Å². The number of hydrogen-bond donors (Lipinski definition) is 0. The van der Waals surface area contributed by atoms with Crippen molar-refractivity contribution in [2.45, 2.75) is 76.3 Å². The minimum atomic E-state index is -0.157. The first kappa shape index (κ1) is 24.1. The van der Waals surface area contributed by atoms with Gasteiger partial charge in [0, 0.05) is 56.2 Å². The molecule has 6 heteroatoms. The standard InChI is InChI=1S/C29H39FN4O/c30-24-8-5-9-26(21-24)33-16-6-10-27-28(33)14-19-34(27)29-22-25(11-15-31-29)32-17-12-23(13-18-32)7-3-1-2-4-20-35/h5,8-9,11,15,20-23,27-28H,1-4,6-7,10,12-14,16-19H2/t27-,28-/m1/s1. The molecule has 3 saturated heterocycles. The van der Waals surface area contributed by atoms with Crippen LogP contribution in [0, 0.1) is 11.7 Å². The minimum Gasteiger partial charge on any atom is -0.371 e. The van der Waals surface area contributed by atoms with Crippen LogP contribution in [0.4, 0.5) is 21.6 Å². The van der Waals surface area contributed by atoms with Crippen molar-refractivity contribution in [1.82, 2.24) is 4.98 Å². The van der Waals surface area contributed by atoms with E-state index in [2.05, 4.69) is 26.8 Å². The molecule has 0 saturated carbocycles. The second-order valence-corrected chi connectivity index (χ2v) is 10.5. The van der Waals surface area contributed by atoms with Gasteiger partial charge in [-0.25, -0.2) is 9.37 Å². The summed E-state index contributed by atoms with van der Waals surface area (Å²) in [7, 11) is 0. The number of rotatable bonds is 9. The Bertz CT molecular complexity index is 977. The fourth-order valence-electron chi connectivity index (χ4n) is 6.52. The number of unbranched alkanes of at least 4 members (excludes halogenated alkanes) is 3. The third-order valence-electron chi connectivity index (χ3n) is 8.39. The number of pyridine rings is 1. The number of carbonyl (C=O) groups excluding carboxylic acids is 1. The molecule has 1 aromatic carbocycles. The van der Waals surface area contributed by atoms with Gasteiger partial charge in [-0.05, 0) is 68.7 Å². The van der Waals surface area contributed by atoms with Crippen LogP contribution in [0.2, 0.25) is 0 Å². The zero-order valence-electron chi connectivity index (χ0n) is 20.8. The number of piperidine rings is 2. The maximum Gasteiger partial charge on any atom is 0.130 e. The number of nitrogens with zero attached hydrogens (tertiary/aromatic N) is 4. The molecule has 0 unspecified atom stereocenters. The van der Waals surface area contributed by atoms with Crippen molar-refractivity contribution in [2.24, 2.45) is 5.92 Å². The van der Waals surface area contributed by atoms with E-state index in [4.69, 9.17) is 4.98 Å². The summed E-state index contributed by atoms with van der Waals surface area (Å²) >= 11 is 0. The van der Waals surface area contributed by atoms with E-state index in [1.165, 1.54) is 50.3 Å². The molecular weight excluding hydrogens is 439 g/mol. The monoisotopic (exact) mass is 478 g/mol. The van der Waals surface area contributed by atoms with Crippen molar-refractivity contribution in [3.05, 3.63) is 48.4 Å². The summed E-state index contributed by atoms with van der Waals surface area (Å²) < 4.78 is 13.9. The SMILES string of the molecule is O=CCCCCCC1CCN(c2ccnc(N3CC[C@@H]4[C@H]3CCCN4c3cccc(F)c3)c2)CC1. The van der Waals surface area contributed by atoms with Gasteiger partial charge in [-0.1, -0.05) is 25.3 Å². The van der Waals surface area contributed by atoms with Crippen LogP contribution in [0.3, 0.4) is 0 Å². The number of fused-ring (bicyclic) bond motifs is 1. The Kier molecular flexibility index (Phi) is 7.85. The molecule has 188 valence electrons. The van der Waals surface area contributed by atoms with Crippen LogP contribution in [-0.2, 0) is 4.79 Å². The van der Waals surface area contributed by atoms with Gasteiger partial charge in [-0.2, -0.15) is 0 Å². The Morgan fingerprint density at radius 2 is 1.74 bits per heavy atom. The van der Waals surface area contributed by atoms with Gasteiger partial charge < -0.3 is 19.5 Å². The number of hydrogen-bond acceptors (Lipinski definition) is 5. The van der Waals surface area contributed by atoms with E-state index < -0.39 is 0 Å². The first-order valence-electron chi connectivity index (χ1n) is 13.7. The molecule has 3 aliphatic heterocycles. The molecule has 0 bridgehead atoms. The van der Waals surface area contributed by atoms with Crippen LogP contribution in [-0.4, -0.2) is 49.5 Å². The average molecular weight is 479 g/mol. The summed E-state index contributed by atoms with van der Waals surface area (Å²) in [5.41, 5.74) is 2.30. The minimum absolute atomic E-state index is 0.157. The Labute approximate surface area is 209 Å². The third kappa shape index (κ3) is 5.62. The lowest BCUT2D eigenvalue weighted by molar-refractivity contribution is -0.107. The predicted molar refractivity (Wildman–Crippen MR) is 141 cm³/mol. The molecule has 35 heavy (non-hydrogen) atoms. The highest BCUT2D eigenvalue weighted by Gasteiger charge is 2.41. The third-order valence-corrected chi connectivity index (χ3v) is 8.39. The molecule has 2 aromatic rings. The van der Waals surface area contributed by atoms with Gasteiger partial charge in [0.05, 0.1) is 12.1 Å². The van der Waals surface area contributed by atoms with Crippen molar-refractivity contribution < 1.29 is 9.18 Å². The highest BCUT2D eigenvalue weighted by Crippen LogP contribution is 2.37. The lowest BCUT2D eigenvalue weighted by Crippen LogP contribution is -2.50. The lowest BCUT2D eigenvalue weighted by atomic mass is 9.91. The number of aldehydes is 1. The van der Waals surface area contributed by atoms with Crippen molar-refractivity contribution >= 4 is 23.5 Å². The van der Waals surface area contributed by atoms with Crippen molar-refractivity contribution in [3.8, 4) is 0 Å². The molecule has 0 aliphatic carbocycles. The van der Waals surface area contributed by atoms with Crippen molar-refractivity contribution in [2.75, 3.05) is 40.9 Å². The fraction of sp³-hybridized carbons (Fsp3) is 0.586. The van der Waals surface area contributed by atoms with E-state index >= 15 is 0 Å². The van der Waals surface area contributed by atoms with E-state index in [-0.39, 0.29) is 5.82 Å². The van der Waals surface area contributed by atoms with Crippen LogP contribution in [0.1, 0.15) is 64.2 Å². The quantitative estimate of drug-likeness (QED) is 0.335. The van der Waals surface area contributed by atoms with Gasteiger partial charge in [0.1, 0.15) is 17.9 Å². The van der Waals surface area contributed by atoms with Crippen LogP contribution >= 0.6 is 0 Å². The molecule has 0 radical (unpaired) electrons. The molecule has 0 spiro atoms. The molecule has 4 heterocycles. The van der Waals surface area contributed by atoms with E-state index in [0.29, 0.717) is 18.5 Å². The van der Waals surface area contributed by atoms with E-state index in [0.717, 1.165) is 69.2 Å². The second-order valence-electron chi connectivity index (χ2n) is 10.5. The summed E-state index contributed by atoms with van der Waals surface area (Å²) in [6.45, 7) is 4.23. The van der Waals surface area contributed by atoms with E-state index in [9.17, 15) is 9.18 Å². The average Bonchev–Trinajstić information content (AvgIpc) is 3.33. The number of benzene rings is 1.